The Bertz CT molecular complexity index is 159. The first-order valence-corrected chi connectivity index (χ1v) is 5.43. The lowest BCUT2D eigenvalue weighted by Crippen LogP contribution is -2.29. The van der Waals surface area contributed by atoms with Crippen LogP contribution in [0.3, 0.4) is 0 Å². The van der Waals surface area contributed by atoms with Crippen LogP contribution >= 0.6 is 7.94 Å². The Kier molecular flexibility index (Phi) is 5.55. The van der Waals surface area contributed by atoms with E-state index in [-0.39, 0.29) is 13.2 Å². The van der Waals surface area contributed by atoms with Gasteiger partial charge in [-0.25, -0.2) is 4.79 Å². The van der Waals surface area contributed by atoms with Gasteiger partial charge in [-0.2, -0.15) is 14.7 Å². The van der Waals surface area contributed by atoms with Crippen LogP contribution in [0.1, 0.15) is 13.8 Å². The van der Waals surface area contributed by atoms with Crippen LogP contribution in [0, 0.1) is 0 Å². The highest BCUT2D eigenvalue weighted by Crippen LogP contribution is 2.47. The van der Waals surface area contributed by atoms with Crippen LogP contribution in [0.15, 0.2) is 0 Å². The van der Waals surface area contributed by atoms with Crippen molar-refractivity contribution in [2.45, 2.75) is 20.1 Å². The van der Waals surface area contributed by atoms with Gasteiger partial charge in [-0.1, -0.05) is 0 Å². The third-order valence-electron chi connectivity index (χ3n) is 1.13. The van der Waals surface area contributed by atoms with Crippen LogP contribution in [0.4, 0.5) is 0 Å². The molecule has 0 spiro atoms. The Balaban J connectivity index is 4.27. The van der Waals surface area contributed by atoms with Gasteiger partial charge in [0.25, 0.3) is 6.29 Å². The molecule has 0 aliphatic heterocycles. The van der Waals surface area contributed by atoms with Crippen molar-refractivity contribution >= 4 is 13.5 Å². The normalized spacial score (nSPS) is 12.2. The van der Waals surface area contributed by atoms with Gasteiger partial charge >= 0.3 is 13.5 Å². The number of ether oxygens (including phenoxy) is 2. The fourth-order valence-corrected chi connectivity index (χ4v) is 1.07. The van der Waals surface area contributed by atoms with Gasteiger partial charge in [0.1, 0.15) is 0 Å². The molecule has 78 valence electrons. The van der Waals surface area contributed by atoms with Crippen LogP contribution in [0.2, 0.25) is 0 Å². The molecule has 0 aromatic carbocycles. The summed E-state index contributed by atoms with van der Waals surface area (Å²) < 4.78 is 9.49. The second-order valence-electron chi connectivity index (χ2n) is 2.15. The monoisotopic (exact) mass is 213 g/mol. The highest BCUT2D eigenvalue weighted by atomic mass is 31.2. The molecule has 6 nitrogen and oxygen atoms in total. The smallest absolute Gasteiger partial charge is 0.343 e. The quantitative estimate of drug-likeness (QED) is 0.412. The van der Waals surface area contributed by atoms with Crippen LogP contribution in [0.25, 0.3) is 0 Å². The molecular weight excluding hydrogens is 199 g/mol. The van der Waals surface area contributed by atoms with E-state index in [1.807, 2.05) is 0 Å². The zero-order chi connectivity index (χ0) is 10.5. The van der Waals surface area contributed by atoms with Crippen molar-refractivity contribution in [3.63, 3.8) is 0 Å². The van der Waals surface area contributed by atoms with E-state index in [0.717, 1.165) is 0 Å². The van der Waals surface area contributed by atoms with E-state index in [2.05, 4.69) is 0 Å². The van der Waals surface area contributed by atoms with Crippen LogP contribution in [-0.4, -0.2) is 39.7 Å². The minimum atomic E-state index is -4.51. The van der Waals surface area contributed by atoms with E-state index in [0.29, 0.717) is 0 Å². The summed E-state index contributed by atoms with van der Waals surface area (Å²) in [5.74, 6) is 0. The average Bonchev–Trinajstić information content (AvgIpc) is 2.01. The summed E-state index contributed by atoms with van der Waals surface area (Å²) >= 11 is 0. The minimum absolute atomic E-state index is 0.177. The molecule has 0 saturated heterocycles. The Morgan fingerprint density at radius 1 is 1.23 bits per heavy atom. The maximum atomic E-state index is 11.0. The zero-order valence-electron chi connectivity index (χ0n) is 7.51. The largest absolute Gasteiger partial charge is 0.484 e. The summed E-state index contributed by atoms with van der Waals surface area (Å²) in [6.45, 7) is 3.59. The Morgan fingerprint density at radius 2 is 1.62 bits per heavy atom. The Hall–Kier alpha value is -0.100. The first kappa shape index (κ1) is 12.9. The molecule has 0 aliphatic rings. The maximum Gasteiger partial charge on any atom is 0.484 e. The van der Waals surface area contributed by atoms with Crippen molar-refractivity contribution < 1.29 is 28.9 Å². The molecule has 0 heterocycles. The van der Waals surface area contributed by atoms with Gasteiger partial charge in [-0.15, -0.1) is 0 Å². The van der Waals surface area contributed by atoms with Crippen molar-refractivity contribution in [3.8, 4) is 0 Å². The summed E-state index contributed by atoms with van der Waals surface area (Å²) in [5.41, 5.74) is -1.23. The van der Waals surface area contributed by atoms with E-state index in [1.54, 1.807) is 13.8 Å². The van der Waals surface area contributed by atoms with Crippen LogP contribution in [-0.2, 0) is 14.3 Å². The third kappa shape index (κ3) is 4.61. The topological polar surface area (TPSA) is 96.2 Å². The summed E-state index contributed by atoms with van der Waals surface area (Å²) in [7, 11) is -4.51. The van der Waals surface area contributed by atoms with Crippen molar-refractivity contribution in [1.29, 1.82) is 0 Å². The molecule has 0 rings (SSSR count). The number of hydrogen-bond acceptors (Lipinski definition) is 6. The van der Waals surface area contributed by atoms with E-state index in [4.69, 9.17) is 24.2 Å². The van der Waals surface area contributed by atoms with Gasteiger partial charge < -0.3 is 9.47 Å². The molecule has 0 amide bonds. The van der Waals surface area contributed by atoms with Gasteiger partial charge in [0.2, 0.25) is 0 Å². The number of hydrogen-bond donors (Lipinski definition) is 3. The van der Waals surface area contributed by atoms with Crippen molar-refractivity contribution in [2.24, 2.45) is 0 Å². The molecule has 0 atom stereocenters. The van der Waals surface area contributed by atoms with Gasteiger partial charge in [0.05, 0.1) is 0 Å². The number of carbonyl (C=O) groups is 1. The first-order chi connectivity index (χ1) is 5.93. The first-order valence-electron chi connectivity index (χ1n) is 3.78. The fraction of sp³-hybridized carbons (Fsp3) is 0.833. The average molecular weight is 213 g/mol. The highest BCUT2D eigenvalue weighted by Gasteiger charge is 2.49. The minimum Gasteiger partial charge on any atom is -0.343 e. The predicted octanol–water partition coefficient (Wildman–Crippen LogP) is -0.348. The van der Waals surface area contributed by atoms with E-state index in [1.165, 1.54) is 0 Å². The molecule has 3 N–H and O–H groups in total. The van der Waals surface area contributed by atoms with Gasteiger partial charge in [-0.3, -0.25) is 0 Å². The maximum absolute atomic E-state index is 11.0. The number of rotatable bonds is 6. The molecule has 0 aliphatic carbocycles. The van der Waals surface area contributed by atoms with Crippen molar-refractivity contribution in [1.82, 2.24) is 0 Å². The highest BCUT2D eigenvalue weighted by molar-refractivity contribution is 7.76. The third-order valence-corrected chi connectivity index (χ3v) is 1.94. The summed E-state index contributed by atoms with van der Waals surface area (Å²) in [4.78, 5) is 36.9. The molecule has 0 aromatic heterocycles. The van der Waals surface area contributed by atoms with E-state index < -0.39 is 19.8 Å². The van der Waals surface area contributed by atoms with Gasteiger partial charge in [-0.05, 0) is 13.8 Å². The molecule has 0 unspecified atom stereocenters. The Morgan fingerprint density at radius 3 is 1.85 bits per heavy atom. The molecular formula is C6H14O6P+. The molecule has 13 heavy (non-hydrogen) atoms. The van der Waals surface area contributed by atoms with Crippen LogP contribution in [0.5, 0.6) is 0 Å². The SMILES string of the molecule is CCOC(OCC)C(=O)[P+](O)(O)O. The summed E-state index contributed by atoms with van der Waals surface area (Å²) in [5, 5.41) is 0. The molecule has 0 saturated carbocycles. The molecule has 0 radical (unpaired) electrons. The second kappa shape index (κ2) is 5.59. The van der Waals surface area contributed by atoms with Crippen LogP contribution < -0.4 is 0 Å². The summed E-state index contributed by atoms with van der Waals surface area (Å²) in [6.07, 6.45) is -1.40. The van der Waals surface area contributed by atoms with E-state index in [9.17, 15) is 4.79 Å². The standard InChI is InChI=1S/C6H14O6P/c1-3-11-6(12-4-2)5(7)13(8,9)10/h6,8-10H,3-4H2,1-2H3/q+1. The Labute approximate surface area is 76.7 Å². The van der Waals surface area contributed by atoms with Gasteiger partial charge in [0.15, 0.2) is 0 Å². The molecule has 7 heteroatoms. The summed E-state index contributed by atoms with van der Waals surface area (Å²) in [6, 6.07) is 0. The lowest BCUT2D eigenvalue weighted by molar-refractivity contribution is -0.161. The lowest BCUT2D eigenvalue weighted by atomic mass is 10.7. The zero-order valence-corrected chi connectivity index (χ0v) is 8.40. The van der Waals surface area contributed by atoms with Gasteiger partial charge in [0, 0.05) is 13.2 Å². The molecule has 0 fully saturated rings. The number of carbonyl (C=O) groups excluding carboxylic acids is 1. The van der Waals surface area contributed by atoms with Crippen molar-refractivity contribution in [2.75, 3.05) is 13.2 Å². The lowest BCUT2D eigenvalue weighted by Gasteiger charge is -2.13. The van der Waals surface area contributed by atoms with E-state index >= 15 is 0 Å². The second-order valence-corrected chi connectivity index (χ2v) is 3.73. The fourth-order valence-electron chi connectivity index (χ4n) is 0.635. The predicted molar refractivity (Wildman–Crippen MR) is 45.6 cm³/mol. The van der Waals surface area contributed by atoms with Crippen molar-refractivity contribution in [3.05, 3.63) is 0 Å². The molecule has 0 bridgehead atoms. The molecule has 0 aromatic rings.